The van der Waals surface area contributed by atoms with Gasteiger partial charge in [-0.2, -0.15) is 5.10 Å². The second-order valence-electron chi connectivity index (χ2n) is 8.20. The third-order valence-electron chi connectivity index (χ3n) is 5.87. The van der Waals surface area contributed by atoms with E-state index in [1.54, 1.807) is 12.3 Å². The van der Waals surface area contributed by atoms with Crippen LogP contribution in [-0.2, 0) is 4.74 Å². The topological polar surface area (TPSA) is 131 Å². The van der Waals surface area contributed by atoms with Gasteiger partial charge in [0.2, 0.25) is 0 Å². The van der Waals surface area contributed by atoms with E-state index in [1.807, 2.05) is 36.4 Å². The molecule has 2 amide bonds. The second-order valence-corrected chi connectivity index (χ2v) is 8.61. The van der Waals surface area contributed by atoms with Crippen LogP contribution in [0.25, 0.3) is 33.4 Å². The number of hydrogen-bond acceptors (Lipinski definition) is 6. The van der Waals surface area contributed by atoms with Crippen molar-refractivity contribution in [3.8, 4) is 22.5 Å². The molecule has 5 N–H and O–H groups in total. The first-order valence-corrected chi connectivity index (χ1v) is 11.4. The molecule has 174 valence electrons. The van der Waals surface area contributed by atoms with Gasteiger partial charge in [0.1, 0.15) is 0 Å². The average molecular weight is 478 g/mol. The lowest BCUT2D eigenvalue weighted by Crippen LogP contribution is -2.35. The molecule has 9 nitrogen and oxygen atoms in total. The van der Waals surface area contributed by atoms with E-state index in [1.165, 1.54) is 0 Å². The lowest BCUT2D eigenvalue weighted by Gasteiger charge is -2.22. The number of aromatic amines is 1. The zero-order valence-electron chi connectivity index (χ0n) is 18.3. The number of aromatic nitrogens is 4. The van der Waals surface area contributed by atoms with Crippen LogP contribution in [0.15, 0.2) is 48.7 Å². The number of nitrogens with zero attached hydrogens (tertiary/aromatic N) is 3. The van der Waals surface area contributed by atoms with E-state index in [2.05, 4.69) is 25.8 Å². The number of H-pyrrole nitrogens is 1. The van der Waals surface area contributed by atoms with Gasteiger partial charge in [0.05, 0.1) is 28.1 Å². The van der Waals surface area contributed by atoms with E-state index in [0.29, 0.717) is 28.9 Å². The van der Waals surface area contributed by atoms with Crippen LogP contribution in [0.3, 0.4) is 0 Å². The van der Waals surface area contributed by atoms with Crippen LogP contribution in [-0.4, -0.2) is 46.0 Å². The van der Waals surface area contributed by atoms with Crippen LogP contribution in [0.4, 0.5) is 16.4 Å². The molecule has 1 aliphatic heterocycles. The molecule has 1 saturated heterocycles. The maximum Gasteiger partial charge on any atom is 0.320 e. The van der Waals surface area contributed by atoms with Gasteiger partial charge in [0.25, 0.3) is 0 Å². The number of nitrogens with one attached hydrogen (secondary N) is 3. The fourth-order valence-electron chi connectivity index (χ4n) is 4.03. The van der Waals surface area contributed by atoms with Crippen molar-refractivity contribution in [3.05, 3.63) is 53.7 Å². The van der Waals surface area contributed by atoms with Crippen molar-refractivity contribution in [2.75, 3.05) is 30.8 Å². The number of hydrogen-bond donors (Lipinski definition) is 4. The molecule has 0 radical (unpaired) electrons. The predicted molar refractivity (Wildman–Crippen MR) is 133 cm³/mol. The summed E-state index contributed by atoms with van der Waals surface area (Å²) in [7, 11) is 0. The third-order valence-corrected chi connectivity index (χ3v) is 6.17. The number of halogens is 1. The molecule has 0 spiro atoms. The summed E-state index contributed by atoms with van der Waals surface area (Å²) in [5, 5.41) is 14.0. The summed E-state index contributed by atoms with van der Waals surface area (Å²) in [5.74, 6) is 0.699. The standard InChI is InChI=1S/C24H24ClN7O2/c25-18-11-16(10-17-13-28-32-19(17)18)21-20(15-4-2-1-3-5-15)29-22(26)23(30-21)31-24(33)27-12-14-6-8-34-9-7-14/h1-5,10-11,13-14H,6-9,12H2,(H2,26,29)(H,28,32)(H2,27,30,31,33). The molecule has 0 aliphatic carbocycles. The van der Waals surface area contributed by atoms with Gasteiger partial charge in [-0.25, -0.2) is 14.8 Å². The Morgan fingerprint density at radius 2 is 1.88 bits per heavy atom. The van der Waals surface area contributed by atoms with Gasteiger partial charge in [-0.15, -0.1) is 0 Å². The van der Waals surface area contributed by atoms with E-state index in [0.717, 1.165) is 48.1 Å². The number of ether oxygens (including phenoxy) is 1. The smallest absolute Gasteiger partial charge is 0.320 e. The van der Waals surface area contributed by atoms with Crippen molar-refractivity contribution in [2.24, 2.45) is 5.92 Å². The average Bonchev–Trinajstić information content (AvgIpc) is 3.34. The molecule has 10 heteroatoms. The van der Waals surface area contributed by atoms with E-state index in [9.17, 15) is 4.79 Å². The quantitative estimate of drug-likeness (QED) is 0.335. The normalized spacial score (nSPS) is 14.3. The van der Waals surface area contributed by atoms with Crippen LogP contribution in [0.5, 0.6) is 0 Å². The largest absolute Gasteiger partial charge is 0.381 e. The van der Waals surface area contributed by atoms with Gasteiger partial charge >= 0.3 is 6.03 Å². The van der Waals surface area contributed by atoms with E-state index >= 15 is 0 Å². The van der Waals surface area contributed by atoms with Gasteiger partial charge < -0.3 is 15.8 Å². The molecule has 0 unspecified atom stereocenters. The molecule has 3 heterocycles. The number of nitrogens with two attached hydrogens (primary N) is 1. The van der Waals surface area contributed by atoms with E-state index in [-0.39, 0.29) is 17.7 Å². The monoisotopic (exact) mass is 477 g/mol. The van der Waals surface area contributed by atoms with Crippen LogP contribution in [0.2, 0.25) is 5.02 Å². The molecule has 34 heavy (non-hydrogen) atoms. The Labute approximate surface area is 201 Å². The number of anilines is 2. The highest BCUT2D eigenvalue weighted by atomic mass is 35.5. The SMILES string of the molecule is Nc1nc(-c2ccccc2)c(-c2cc(Cl)c3[nH]ncc3c2)nc1NC(=O)NCC1CCOCC1. The first kappa shape index (κ1) is 22.1. The lowest BCUT2D eigenvalue weighted by molar-refractivity contribution is 0.0671. The third kappa shape index (κ3) is 4.66. The van der Waals surface area contributed by atoms with Crippen molar-refractivity contribution in [1.29, 1.82) is 0 Å². The Bertz CT molecular complexity index is 1320. The van der Waals surface area contributed by atoms with Crippen molar-refractivity contribution in [1.82, 2.24) is 25.5 Å². The van der Waals surface area contributed by atoms with Gasteiger partial charge in [-0.3, -0.25) is 10.4 Å². The van der Waals surface area contributed by atoms with Crippen molar-refractivity contribution >= 4 is 40.2 Å². The van der Waals surface area contributed by atoms with Crippen LogP contribution in [0.1, 0.15) is 12.8 Å². The van der Waals surface area contributed by atoms with Crippen LogP contribution in [0, 0.1) is 5.92 Å². The fraction of sp³-hybridized carbons (Fsp3) is 0.250. The van der Waals surface area contributed by atoms with Gasteiger partial charge in [-0.1, -0.05) is 41.9 Å². The van der Waals surface area contributed by atoms with Crippen molar-refractivity contribution in [3.63, 3.8) is 0 Å². The molecule has 5 rings (SSSR count). The second kappa shape index (κ2) is 9.66. The Balaban J connectivity index is 1.49. The van der Waals surface area contributed by atoms with Crippen LogP contribution >= 0.6 is 11.6 Å². The number of benzene rings is 2. The predicted octanol–water partition coefficient (Wildman–Crippen LogP) is 4.47. The number of fused-ring (bicyclic) bond motifs is 1. The fourth-order valence-corrected chi connectivity index (χ4v) is 4.30. The highest BCUT2D eigenvalue weighted by Gasteiger charge is 2.19. The molecular formula is C24H24ClN7O2. The maximum absolute atomic E-state index is 12.6. The summed E-state index contributed by atoms with van der Waals surface area (Å²) in [5.41, 5.74) is 9.67. The molecular weight excluding hydrogens is 454 g/mol. The number of rotatable bonds is 5. The van der Waals surface area contributed by atoms with Crippen LogP contribution < -0.4 is 16.4 Å². The number of amides is 2. The first-order valence-electron chi connectivity index (χ1n) is 11.1. The van der Waals surface area contributed by atoms with Gasteiger partial charge in [0.15, 0.2) is 11.6 Å². The Hall–Kier alpha value is -3.69. The maximum atomic E-state index is 12.6. The summed E-state index contributed by atoms with van der Waals surface area (Å²) in [6.45, 7) is 2.00. The molecule has 0 saturated carbocycles. The minimum absolute atomic E-state index is 0.124. The Morgan fingerprint density at radius 1 is 1.12 bits per heavy atom. The van der Waals surface area contributed by atoms with Gasteiger partial charge in [0, 0.05) is 36.3 Å². The highest BCUT2D eigenvalue weighted by Crippen LogP contribution is 2.35. The summed E-state index contributed by atoms with van der Waals surface area (Å²) >= 11 is 6.49. The van der Waals surface area contributed by atoms with Gasteiger partial charge in [-0.05, 0) is 30.9 Å². The zero-order chi connectivity index (χ0) is 23.5. The minimum atomic E-state index is -0.380. The highest BCUT2D eigenvalue weighted by molar-refractivity contribution is 6.35. The van der Waals surface area contributed by atoms with E-state index in [4.69, 9.17) is 27.1 Å². The Kier molecular flexibility index (Phi) is 6.29. The molecule has 0 atom stereocenters. The molecule has 1 fully saturated rings. The Morgan fingerprint density at radius 3 is 2.68 bits per heavy atom. The number of carbonyl (C=O) groups excluding carboxylic acids is 1. The summed E-state index contributed by atoms with van der Waals surface area (Å²) in [4.78, 5) is 21.9. The first-order chi connectivity index (χ1) is 16.6. The number of carbonyl (C=O) groups is 1. The summed E-state index contributed by atoms with van der Waals surface area (Å²) in [6, 6.07) is 13.0. The lowest BCUT2D eigenvalue weighted by atomic mass is 10.0. The number of nitrogen functional groups attached to an aromatic ring is 1. The zero-order valence-corrected chi connectivity index (χ0v) is 19.1. The van der Waals surface area contributed by atoms with Crippen molar-refractivity contribution in [2.45, 2.75) is 12.8 Å². The number of urea groups is 1. The summed E-state index contributed by atoms with van der Waals surface area (Å²) in [6.07, 6.45) is 3.55. The summed E-state index contributed by atoms with van der Waals surface area (Å²) < 4.78 is 5.37. The molecule has 0 bridgehead atoms. The minimum Gasteiger partial charge on any atom is -0.381 e. The van der Waals surface area contributed by atoms with Crippen molar-refractivity contribution < 1.29 is 9.53 Å². The van der Waals surface area contributed by atoms with E-state index < -0.39 is 0 Å². The molecule has 2 aromatic heterocycles. The molecule has 2 aromatic carbocycles. The molecule has 4 aromatic rings. The molecule has 1 aliphatic rings.